The number of hydrogen-bond acceptors (Lipinski definition) is 4. The average Bonchev–Trinajstić information content (AvgIpc) is 3.39. The molecular formula is C21H24N2OS2. The molecule has 1 aliphatic rings. The van der Waals surface area contributed by atoms with Crippen LogP contribution >= 0.6 is 22.7 Å². The molecule has 0 aliphatic carbocycles. The van der Waals surface area contributed by atoms with Crippen LogP contribution in [-0.4, -0.2) is 17.3 Å². The van der Waals surface area contributed by atoms with E-state index in [4.69, 9.17) is 9.73 Å². The summed E-state index contributed by atoms with van der Waals surface area (Å²) in [4.78, 5) is 7.28. The number of nitrogens with zero attached hydrogens (tertiary/aromatic N) is 2. The maximum absolute atomic E-state index is 5.89. The zero-order chi connectivity index (χ0) is 17.9. The largest absolute Gasteiger partial charge is 0.376 e. The summed E-state index contributed by atoms with van der Waals surface area (Å²) in [5, 5.41) is 4.35. The summed E-state index contributed by atoms with van der Waals surface area (Å²) in [5.41, 5.74) is 3.61. The van der Waals surface area contributed by atoms with E-state index < -0.39 is 0 Å². The Bertz CT molecular complexity index is 898. The Kier molecular flexibility index (Phi) is 5.38. The van der Waals surface area contributed by atoms with Gasteiger partial charge in [-0.15, -0.1) is 22.7 Å². The second-order valence-electron chi connectivity index (χ2n) is 6.98. The van der Waals surface area contributed by atoms with E-state index in [2.05, 4.69) is 65.6 Å². The molecule has 3 heterocycles. The van der Waals surface area contributed by atoms with Gasteiger partial charge >= 0.3 is 0 Å². The summed E-state index contributed by atoms with van der Waals surface area (Å²) in [7, 11) is 0. The monoisotopic (exact) mass is 384 g/mol. The molecule has 1 fully saturated rings. The highest BCUT2D eigenvalue weighted by atomic mass is 32.1. The van der Waals surface area contributed by atoms with Crippen LogP contribution in [0.1, 0.15) is 38.2 Å². The number of hydrogen-bond donors (Lipinski definition) is 0. The molecule has 26 heavy (non-hydrogen) atoms. The molecule has 1 aromatic carbocycles. The summed E-state index contributed by atoms with van der Waals surface area (Å²) in [5.74, 6) is 0.542. The maximum Gasteiger partial charge on any atom is 0.190 e. The highest BCUT2D eigenvalue weighted by molar-refractivity contribution is 7.14. The van der Waals surface area contributed by atoms with Crippen molar-refractivity contribution in [3.63, 3.8) is 0 Å². The van der Waals surface area contributed by atoms with Crippen LogP contribution in [0.4, 0.5) is 5.69 Å². The van der Waals surface area contributed by atoms with Crippen molar-refractivity contribution in [2.24, 2.45) is 4.99 Å². The molecule has 5 heteroatoms. The fourth-order valence-electron chi connectivity index (χ4n) is 3.25. The van der Waals surface area contributed by atoms with Gasteiger partial charge in [-0.1, -0.05) is 32.0 Å². The molecule has 1 aliphatic heterocycles. The normalized spacial score (nSPS) is 18.1. The van der Waals surface area contributed by atoms with Crippen LogP contribution < -0.4 is 4.80 Å². The average molecular weight is 385 g/mol. The van der Waals surface area contributed by atoms with Crippen LogP contribution in [0.5, 0.6) is 0 Å². The topological polar surface area (TPSA) is 26.5 Å². The van der Waals surface area contributed by atoms with Crippen molar-refractivity contribution in [1.82, 2.24) is 4.57 Å². The van der Waals surface area contributed by atoms with Crippen LogP contribution in [0.25, 0.3) is 10.6 Å². The molecule has 1 atom stereocenters. The Morgan fingerprint density at radius 3 is 2.69 bits per heavy atom. The number of benzene rings is 1. The van der Waals surface area contributed by atoms with E-state index in [1.807, 2.05) is 0 Å². The Balaban J connectivity index is 1.72. The van der Waals surface area contributed by atoms with Gasteiger partial charge in [0.25, 0.3) is 0 Å². The minimum Gasteiger partial charge on any atom is -0.376 e. The Morgan fingerprint density at radius 2 is 2.04 bits per heavy atom. The van der Waals surface area contributed by atoms with E-state index in [1.165, 1.54) is 16.1 Å². The summed E-state index contributed by atoms with van der Waals surface area (Å²) in [6.07, 6.45) is 2.59. The van der Waals surface area contributed by atoms with Crippen LogP contribution in [-0.2, 0) is 11.3 Å². The molecule has 2 aromatic heterocycles. The molecular weight excluding hydrogens is 360 g/mol. The van der Waals surface area contributed by atoms with E-state index >= 15 is 0 Å². The SMILES string of the molecule is CC(C)c1ccc(N=c2scc(-c3cccs3)n2CC2CCCO2)cc1. The molecule has 3 aromatic rings. The first kappa shape index (κ1) is 17.7. The van der Waals surface area contributed by atoms with Gasteiger partial charge in [-0.2, -0.15) is 0 Å². The lowest BCUT2D eigenvalue weighted by molar-refractivity contribution is 0.0968. The third-order valence-corrected chi connectivity index (χ3v) is 6.52. The molecule has 0 N–H and O–H groups in total. The first-order valence-electron chi connectivity index (χ1n) is 9.19. The van der Waals surface area contributed by atoms with Crippen LogP contribution in [0.2, 0.25) is 0 Å². The number of rotatable bonds is 5. The molecule has 0 bridgehead atoms. The summed E-state index contributed by atoms with van der Waals surface area (Å²) < 4.78 is 8.23. The van der Waals surface area contributed by atoms with Gasteiger partial charge in [-0.3, -0.25) is 0 Å². The van der Waals surface area contributed by atoms with Gasteiger partial charge in [0.15, 0.2) is 4.80 Å². The Morgan fingerprint density at radius 1 is 1.19 bits per heavy atom. The fraction of sp³-hybridized carbons (Fsp3) is 0.381. The number of aromatic nitrogens is 1. The van der Waals surface area contributed by atoms with Crippen LogP contribution in [0.15, 0.2) is 52.2 Å². The molecule has 0 amide bonds. The molecule has 136 valence electrons. The molecule has 0 saturated carbocycles. The van der Waals surface area contributed by atoms with E-state index in [0.717, 1.165) is 36.5 Å². The van der Waals surface area contributed by atoms with Gasteiger partial charge in [0.05, 0.1) is 28.9 Å². The van der Waals surface area contributed by atoms with E-state index in [1.54, 1.807) is 22.7 Å². The van der Waals surface area contributed by atoms with Gasteiger partial charge in [-0.05, 0) is 47.9 Å². The Hall–Kier alpha value is -1.69. The third-order valence-electron chi connectivity index (χ3n) is 4.77. The smallest absolute Gasteiger partial charge is 0.190 e. The lowest BCUT2D eigenvalue weighted by atomic mass is 10.0. The highest BCUT2D eigenvalue weighted by Gasteiger charge is 2.19. The van der Waals surface area contributed by atoms with Crippen molar-refractivity contribution in [3.05, 3.63) is 57.5 Å². The van der Waals surface area contributed by atoms with Crippen molar-refractivity contribution in [2.45, 2.75) is 45.3 Å². The van der Waals surface area contributed by atoms with E-state index in [-0.39, 0.29) is 0 Å². The Labute approximate surface area is 162 Å². The van der Waals surface area contributed by atoms with E-state index in [0.29, 0.717) is 12.0 Å². The predicted octanol–water partition coefficient (Wildman–Crippen LogP) is 5.81. The third kappa shape index (κ3) is 3.85. The van der Waals surface area contributed by atoms with Crippen LogP contribution in [0.3, 0.4) is 0 Å². The van der Waals surface area contributed by atoms with Gasteiger partial charge in [-0.25, -0.2) is 4.99 Å². The predicted molar refractivity (Wildman–Crippen MR) is 110 cm³/mol. The highest BCUT2D eigenvalue weighted by Crippen LogP contribution is 2.27. The lowest BCUT2D eigenvalue weighted by Crippen LogP contribution is -2.23. The van der Waals surface area contributed by atoms with Crippen molar-refractivity contribution in [1.29, 1.82) is 0 Å². The first-order valence-corrected chi connectivity index (χ1v) is 10.9. The molecule has 0 radical (unpaired) electrons. The zero-order valence-corrected chi connectivity index (χ0v) is 16.9. The van der Waals surface area contributed by atoms with Crippen molar-refractivity contribution >= 4 is 28.4 Å². The summed E-state index contributed by atoms with van der Waals surface area (Å²) in [6, 6.07) is 12.9. The standard InChI is InChI=1S/C21H24N2OS2/c1-15(2)16-7-9-17(10-8-16)22-21-23(13-18-5-3-11-24-18)19(14-26-21)20-6-4-12-25-20/h4,6-10,12,14-15,18H,3,5,11,13H2,1-2H3. The number of ether oxygens (including phenoxy) is 1. The molecule has 1 unspecified atom stereocenters. The second-order valence-corrected chi connectivity index (χ2v) is 8.77. The minimum atomic E-state index is 0.297. The van der Waals surface area contributed by atoms with Crippen molar-refractivity contribution < 1.29 is 4.74 Å². The quantitative estimate of drug-likeness (QED) is 0.545. The van der Waals surface area contributed by atoms with Gasteiger partial charge < -0.3 is 9.30 Å². The second kappa shape index (κ2) is 7.91. The minimum absolute atomic E-state index is 0.297. The fourth-order valence-corrected chi connectivity index (χ4v) is 5.01. The summed E-state index contributed by atoms with van der Waals surface area (Å²) in [6.45, 7) is 6.19. The van der Waals surface area contributed by atoms with Crippen molar-refractivity contribution in [3.8, 4) is 10.6 Å². The molecule has 1 saturated heterocycles. The van der Waals surface area contributed by atoms with Crippen LogP contribution in [0, 0.1) is 0 Å². The zero-order valence-electron chi connectivity index (χ0n) is 15.2. The lowest BCUT2D eigenvalue weighted by Gasteiger charge is -2.13. The van der Waals surface area contributed by atoms with E-state index in [9.17, 15) is 0 Å². The molecule has 4 rings (SSSR count). The maximum atomic E-state index is 5.89. The van der Waals surface area contributed by atoms with Gasteiger partial charge in [0, 0.05) is 12.0 Å². The van der Waals surface area contributed by atoms with Crippen molar-refractivity contribution in [2.75, 3.05) is 6.61 Å². The number of thiazole rings is 1. The molecule has 0 spiro atoms. The van der Waals surface area contributed by atoms with Gasteiger partial charge in [0.2, 0.25) is 0 Å². The first-order chi connectivity index (χ1) is 12.7. The van der Waals surface area contributed by atoms with Gasteiger partial charge in [0.1, 0.15) is 0 Å². The number of thiophene rings is 1. The molecule has 3 nitrogen and oxygen atoms in total. The summed E-state index contributed by atoms with van der Waals surface area (Å²) >= 11 is 3.49.